The summed E-state index contributed by atoms with van der Waals surface area (Å²) in [5, 5.41) is 30.4. The van der Waals surface area contributed by atoms with Crippen molar-refractivity contribution in [2.75, 3.05) is 52.8 Å². The number of tetrazole rings is 1. The van der Waals surface area contributed by atoms with Crippen LogP contribution in [0, 0.1) is 0 Å². The molecule has 2 heterocycles. The Morgan fingerprint density at radius 1 is 0.725 bits per heavy atom. The van der Waals surface area contributed by atoms with Crippen molar-refractivity contribution in [1.82, 2.24) is 44.9 Å². The average Bonchev–Trinajstić information content (AvgIpc) is 3.79. The molecule has 6 rings (SSSR count). The molecule has 6 aromatic rings. The second-order valence-corrected chi connectivity index (χ2v) is 19.8. The summed E-state index contributed by atoms with van der Waals surface area (Å²) in [6.07, 6.45) is -0.509. The van der Waals surface area contributed by atoms with Crippen molar-refractivity contribution in [2.45, 2.75) is 55.8 Å². The molecule has 21 nitrogen and oxygen atoms in total. The fourth-order valence-corrected chi connectivity index (χ4v) is 10.3. The van der Waals surface area contributed by atoms with Crippen LogP contribution in [0.4, 0.5) is 15.4 Å². The van der Waals surface area contributed by atoms with Crippen LogP contribution in [0.15, 0.2) is 113 Å². The van der Waals surface area contributed by atoms with Crippen LogP contribution in [-0.2, 0) is 44.4 Å². The highest BCUT2D eigenvalue weighted by molar-refractivity contribution is 7.92. The summed E-state index contributed by atoms with van der Waals surface area (Å²) >= 11 is 0. The van der Waals surface area contributed by atoms with Crippen molar-refractivity contribution in [3.8, 4) is 39.8 Å². The van der Waals surface area contributed by atoms with E-state index in [4.69, 9.17) is 18.9 Å². The molecule has 0 spiro atoms. The van der Waals surface area contributed by atoms with E-state index in [1.807, 2.05) is 0 Å². The van der Waals surface area contributed by atoms with Gasteiger partial charge in [-0.05, 0) is 108 Å². The molecule has 0 saturated heterocycles. The Hall–Kier alpha value is -7.34. The van der Waals surface area contributed by atoms with Crippen molar-refractivity contribution in [3.05, 3.63) is 120 Å². The van der Waals surface area contributed by atoms with Gasteiger partial charge in [0, 0.05) is 45.5 Å². The number of anilines is 1. The lowest BCUT2D eigenvalue weighted by Gasteiger charge is -2.26. The van der Waals surface area contributed by atoms with E-state index in [9.17, 15) is 23.1 Å². The van der Waals surface area contributed by atoms with Gasteiger partial charge in [0.1, 0.15) is 38.5 Å². The first-order valence-electron chi connectivity index (χ1n) is 21.4. The fraction of sp³-hybridized carbons (Fsp3) is 0.304. The van der Waals surface area contributed by atoms with E-state index in [1.54, 1.807) is 113 Å². The zero-order valence-electron chi connectivity index (χ0n) is 38.8. The summed E-state index contributed by atoms with van der Waals surface area (Å²) in [5.41, 5.74) is 1.50. The van der Waals surface area contributed by atoms with Crippen LogP contribution in [0.1, 0.15) is 37.5 Å². The quantitative estimate of drug-likeness (QED) is 0.0537. The lowest BCUT2D eigenvalue weighted by Crippen LogP contribution is -2.36. The van der Waals surface area contributed by atoms with Gasteiger partial charge < -0.3 is 40.0 Å². The SMILES string of the molecule is COc1ccc(CN(Cc2ccc(OC)cc2)S(=O)(=O)c2c(S(=O)(=O)NCCNC(=O)O)ccc(-c3ccnc(NCCNC(=O)OC(C)(C)C)c3)c2-c2nnn(Cc3ccc(OC)cc3)n2)cc1. The summed E-state index contributed by atoms with van der Waals surface area (Å²) in [4.78, 5) is 27.9. The number of hydrogen-bond donors (Lipinski definition) is 5. The molecule has 2 amide bonds. The molecule has 366 valence electrons. The van der Waals surface area contributed by atoms with Gasteiger partial charge in [0.05, 0.1) is 33.4 Å². The van der Waals surface area contributed by atoms with Gasteiger partial charge in [-0.15, -0.1) is 10.2 Å². The number of ether oxygens (including phenoxy) is 4. The van der Waals surface area contributed by atoms with Crippen molar-refractivity contribution in [3.63, 3.8) is 0 Å². The van der Waals surface area contributed by atoms with E-state index in [0.29, 0.717) is 39.8 Å². The van der Waals surface area contributed by atoms with Gasteiger partial charge in [-0.25, -0.2) is 36.1 Å². The second kappa shape index (κ2) is 22.6. The summed E-state index contributed by atoms with van der Waals surface area (Å²) < 4.78 is 85.8. The van der Waals surface area contributed by atoms with Crippen LogP contribution in [0.2, 0.25) is 0 Å². The topological polar surface area (TPSA) is 267 Å². The number of hydrogen-bond acceptors (Lipinski definition) is 15. The molecule has 0 atom stereocenters. The molecule has 4 aromatic carbocycles. The Kier molecular flexibility index (Phi) is 16.8. The molecule has 0 unspecified atom stereocenters. The Bertz CT molecular complexity index is 2880. The Balaban J connectivity index is 1.55. The van der Waals surface area contributed by atoms with Gasteiger partial charge in [0.15, 0.2) is 0 Å². The van der Waals surface area contributed by atoms with Gasteiger partial charge in [-0.2, -0.15) is 9.10 Å². The van der Waals surface area contributed by atoms with Gasteiger partial charge in [0.2, 0.25) is 25.9 Å². The van der Waals surface area contributed by atoms with Gasteiger partial charge in [-0.1, -0.05) is 42.5 Å². The molecule has 5 N–H and O–H groups in total. The smallest absolute Gasteiger partial charge is 0.407 e. The van der Waals surface area contributed by atoms with Crippen LogP contribution >= 0.6 is 0 Å². The number of pyridine rings is 1. The summed E-state index contributed by atoms with van der Waals surface area (Å²) in [6.45, 7) is 4.48. The minimum absolute atomic E-state index is 0.0895. The van der Waals surface area contributed by atoms with E-state index in [1.165, 1.54) is 31.3 Å². The summed E-state index contributed by atoms with van der Waals surface area (Å²) in [7, 11) is -5.20. The number of nitrogens with zero attached hydrogens (tertiary/aromatic N) is 6. The van der Waals surface area contributed by atoms with Gasteiger partial charge in [-0.3, -0.25) is 0 Å². The first-order valence-corrected chi connectivity index (χ1v) is 24.3. The monoisotopic (exact) mass is 986 g/mol. The second-order valence-electron chi connectivity index (χ2n) is 16.2. The highest BCUT2D eigenvalue weighted by atomic mass is 32.2. The fourth-order valence-electron chi connectivity index (χ4n) is 6.82. The van der Waals surface area contributed by atoms with Crippen molar-refractivity contribution < 1.29 is 50.5 Å². The zero-order valence-corrected chi connectivity index (χ0v) is 40.4. The van der Waals surface area contributed by atoms with Crippen LogP contribution in [0.5, 0.6) is 17.2 Å². The zero-order chi connectivity index (χ0) is 49.8. The molecule has 0 aliphatic carbocycles. The predicted octanol–water partition coefficient (Wildman–Crippen LogP) is 5.35. The Labute approximate surface area is 400 Å². The number of methoxy groups -OCH3 is 3. The van der Waals surface area contributed by atoms with Crippen LogP contribution in [-0.4, -0.2) is 117 Å². The lowest BCUT2D eigenvalue weighted by atomic mass is 10.00. The molecule has 0 fully saturated rings. The van der Waals surface area contributed by atoms with E-state index in [-0.39, 0.29) is 56.2 Å². The third-order valence-electron chi connectivity index (χ3n) is 10.1. The van der Waals surface area contributed by atoms with E-state index in [0.717, 1.165) is 15.9 Å². The number of alkyl carbamates (subject to hydrolysis) is 1. The maximum atomic E-state index is 15.9. The van der Waals surface area contributed by atoms with E-state index in [2.05, 4.69) is 41.1 Å². The van der Waals surface area contributed by atoms with Crippen molar-refractivity contribution in [1.29, 1.82) is 0 Å². The first kappa shape index (κ1) is 51.1. The maximum Gasteiger partial charge on any atom is 0.407 e. The molecule has 0 saturated carbocycles. The molecule has 0 bridgehead atoms. The Morgan fingerprint density at radius 3 is 1.84 bits per heavy atom. The standard InChI is InChI=1S/C46H54N10O11S2/c1-46(2,3)67-45(59)50-24-23-48-40-27-34(21-22-47-40)38-19-20-39(68(60,61)51-26-25-49-44(57)58)42(41(38)43-52-54-56(53-43)30-33-11-17-37(66-6)18-12-33)69(62,63)55(28-31-7-13-35(64-4)14-8-31)29-32-9-15-36(65-5)16-10-32/h7-22,27,49,51H,23-26,28-30H2,1-6H3,(H,47,48)(H,50,59)(H,57,58). The summed E-state index contributed by atoms with van der Waals surface area (Å²) in [6, 6.07) is 26.4. The summed E-state index contributed by atoms with van der Waals surface area (Å²) in [5.74, 6) is 1.78. The Morgan fingerprint density at radius 2 is 1.29 bits per heavy atom. The van der Waals surface area contributed by atoms with Gasteiger partial charge >= 0.3 is 12.2 Å². The number of carboxylic acid groups (broad SMARTS) is 1. The highest BCUT2D eigenvalue weighted by Gasteiger charge is 2.38. The van der Waals surface area contributed by atoms with Gasteiger partial charge in [0.25, 0.3) is 0 Å². The van der Waals surface area contributed by atoms with E-state index < -0.39 is 54.2 Å². The number of rotatable bonds is 22. The minimum atomic E-state index is -4.97. The first-order chi connectivity index (χ1) is 32.9. The number of amides is 2. The number of sulfonamides is 2. The highest BCUT2D eigenvalue weighted by Crippen LogP contribution is 2.42. The van der Waals surface area contributed by atoms with Crippen LogP contribution in [0.25, 0.3) is 22.5 Å². The molecular formula is C46H54N10O11S2. The number of nitrogens with one attached hydrogen (secondary N) is 4. The molecule has 2 aromatic heterocycles. The molecular weight excluding hydrogens is 933 g/mol. The van der Waals surface area contributed by atoms with Crippen LogP contribution < -0.4 is 34.9 Å². The van der Waals surface area contributed by atoms with Crippen molar-refractivity contribution in [2.24, 2.45) is 0 Å². The molecule has 0 aliphatic heterocycles. The van der Waals surface area contributed by atoms with Crippen molar-refractivity contribution >= 4 is 38.1 Å². The molecule has 0 radical (unpaired) electrons. The molecule has 69 heavy (non-hydrogen) atoms. The largest absolute Gasteiger partial charge is 0.497 e. The normalized spacial score (nSPS) is 11.8. The molecule has 23 heteroatoms. The average molecular weight is 987 g/mol. The number of carbonyl (C=O) groups is 2. The predicted molar refractivity (Wildman–Crippen MR) is 255 cm³/mol. The number of aromatic nitrogens is 5. The number of carbonyl (C=O) groups excluding carboxylic acids is 1. The van der Waals surface area contributed by atoms with E-state index >= 15 is 8.42 Å². The lowest BCUT2D eigenvalue weighted by molar-refractivity contribution is 0.0529. The maximum absolute atomic E-state index is 15.9. The third kappa shape index (κ3) is 13.9. The third-order valence-corrected chi connectivity index (χ3v) is 13.6. The minimum Gasteiger partial charge on any atom is -0.497 e. The molecule has 0 aliphatic rings. The number of benzene rings is 4. The van der Waals surface area contributed by atoms with Crippen LogP contribution in [0.3, 0.4) is 0 Å².